The van der Waals surface area contributed by atoms with Gasteiger partial charge in [0.2, 0.25) is 0 Å². The average molecular weight is 437 g/mol. The zero-order valence-corrected chi connectivity index (χ0v) is 17.2. The van der Waals surface area contributed by atoms with Gasteiger partial charge >= 0.3 is 0 Å². The van der Waals surface area contributed by atoms with Gasteiger partial charge in [-0.2, -0.15) is 25.6 Å². The van der Waals surface area contributed by atoms with E-state index in [0.717, 1.165) is 0 Å². The number of hydrogen-bond acceptors (Lipinski definition) is 4. The quantitative estimate of drug-likeness (QED) is 0.624. The highest BCUT2D eigenvalue weighted by molar-refractivity contribution is 7.90. The van der Waals surface area contributed by atoms with Crippen LogP contribution in [0.1, 0.15) is 11.1 Å². The van der Waals surface area contributed by atoms with E-state index in [-0.39, 0.29) is 21.2 Å². The lowest BCUT2D eigenvalue weighted by atomic mass is 9.94. The van der Waals surface area contributed by atoms with Crippen LogP contribution in [-0.2, 0) is 20.0 Å². The van der Waals surface area contributed by atoms with Crippen LogP contribution < -0.4 is 0 Å². The molecule has 0 aromatic heterocycles. The first kappa shape index (κ1) is 19.9. The minimum Gasteiger partial charge on any atom is -0.199 e. The lowest BCUT2D eigenvalue weighted by Crippen LogP contribution is -2.16. The summed E-state index contributed by atoms with van der Waals surface area (Å²) >= 11 is 0. The van der Waals surface area contributed by atoms with Crippen LogP contribution in [-0.4, -0.2) is 28.3 Å². The SMILES string of the molecule is O=S(=O)(/N=C1C=C/C(=N/S(=O)(=O)c2ccccc2)c2ccccc2/1)c1ccccc1. The molecule has 0 amide bonds. The van der Waals surface area contributed by atoms with Crippen molar-refractivity contribution in [2.24, 2.45) is 8.80 Å². The van der Waals surface area contributed by atoms with Crippen molar-refractivity contribution in [3.8, 4) is 0 Å². The maximum Gasteiger partial charge on any atom is 0.282 e. The molecule has 30 heavy (non-hydrogen) atoms. The van der Waals surface area contributed by atoms with E-state index in [0.29, 0.717) is 11.1 Å². The fourth-order valence-corrected chi connectivity index (χ4v) is 5.03. The molecule has 0 spiro atoms. The van der Waals surface area contributed by atoms with Crippen LogP contribution in [0.3, 0.4) is 0 Å². The monoisotopic (exact) mass is 436 g/mol. The Balaban J connectivity index is 1.81. The van der Waals surface area contributed by atoms with E-state index in [4.69, 9.17) is 0 Å². The van der Waals surface area contributed by atoms with E-state index >= 15 is 0 Å². The van der Waals surface area contributed by atoms with Gasteiger partial charge in [0.1, 0.15) is 0 Å². The van der Waals surface area contributed by atoms with Crippen LogP contribution in [0.2, 0.25) is 0 Å². The smallest absolute Gasteiger partial charge is 0.199 e. The number of allylic oxidation sites excluding steroid dienone is 2. The maximum absolute atomic E-state index is 12.7. The van der Waals surface area contributed by atoms with Gasteiger partial charge in [0.05, 0.1) is 21.2 Å². The van der Waals surface area contributed by atoms with Gasteiger partial charge < -0.3 is 0 Å². The number of nitrogens with zero attached hydrogens (tertiary/aromatic N) is 2. The molecule has 3 aromatic rings. The summed E-state index contributed by atoms with van der Waals surface area (Å²) in [7, 11) is -7.84. The number of fused-ring (bicyclic) bond motifs is 1. The van der Waals surface area contributed by atoms with E-state index in [1.54, 1.807) is 60.7 Å². The molecular formula is C22H16N2O4S2. The molecule has 0 saturated heterocycles. The van der Waals surface area contributed by atoms with Gasteiger partial charge in [-0.05, 0) is 36.4 Å². The Morgan fingerprint density at radius 3 is 1.17 bits per heavy atom. The van der Waals surface area contributed by atoms with Crippen molar-refractivity contribution in [2.75, 3.05) is 0 Å². The minimum atomic E-state index is -3.92. The topological polar surface area (TPSA) is 93.0 Å². The van der Waals surface area contributed by atoms with E-state index in [9.17, 15) is 16.8 Å². The molecule has 0 saturated carbocycles. The van der Waals surface area contributed by atoms with Crippen LogP contribution in [0.15, 0.2) is 116 Å². The first-order valence-electron chi connectivity index (χ1n) is 8.95. The number of rotatable bonds is 4. The van der Waals surface area contributed by atoms with E-state index < -0.39 is 20.0 Å². The zero-order chi connectivity index (χ0) is 21.2. The molecule has 1 aliphatic rings. The lowest BCUT2D eigenvalue weighted by molar-refractivity contribution is 0.596. The first-order valence-corrected chi connectivity index (χ1v) is 11.8. The maximum atomic E-state index is 12.7. The standard InChI is InChI=1S/C22H16N2O4S2/c25-29(26,17-9-3-1-4-10-17)23-21-15-16-22(20-14-8-7-13-19(20)21)24-30(27,28)18-11-5-2-6-12-18/h1-16H/b23-21-,24-22-. The number of hydrogen-bond donors (Lipinski definition) is 0. The molecule has 3 aromatic carbocycles. The average Bonchev–Trinajstić information content (AvgIpc) is 2.76. The molecule has 4 rings (SSSR count). The molecule has 0 atom stereocenters. The highest BCUT2D eigenvalue weighted by Crippen LogP contribution is 2.23. The van der Waals surface area contributed by atoms with Crippen molar-refractivity contribution >= 4 is 31.5 Å². The van der Waals surface area contributed by atoms with E-state index in [1.165, 1.54) is 36.4 Å². The van der Waals surface area contributed by atoms with Crippen molar-refractivity contribution < 1.29 is 16.8 Å². The summed E-state index contributed by atoms with van der Waals surface area (Å²) < 4.78 is 58.6. The summed E-state index contributed by atoms with van der Waals surface area (Å²) in [4.78, 5) is 0.156. The van der Waals surface area contributed by atoms with Gasteiger partial charge in [0.15, 0.2) is 0 Å². The summed E-state index contributed by atoms with van der Waals surface area (Å²) in [5, 5.41) is 0. The third-order valence-electron chi connectivity index (χ3n) is 4.40. The third kappa shape index (κ3) is 4.00. The fourth-order valence-electron chi connectivity index (χ4n) is 2.98. The predicted octanol–water partition coefficient (Wildman–Crippen LogP) is 3.61. The van der Waals surface area contributed by atoms with Crippen LogP contribution in [0.5, 0.6) is 0 Å². The van der Waals surface area contributed by atoms with Crippen LogP contribution in [0, 0.1) is 0 Å². The molecule has 8 heteroatoms. The predicted molar refractivity (Wildman–Crippen MR) is 116 cm³/mol. The van der Waals surface area contributed by atoms with Gasteiger partial charge in [0, 0.05) is 11.1 Å². The molecule has 0 fully saturated rings. The van der Waals surface area contributed by atoms with Crippen LogP contribution >= 0.6 is 0 Å². The molecule has 1 aliphatic carbocycles. The van der Waals surface area contributed by atoms with Crippen LogP contribution in [0.4, 0.5) is 0 Å². The summed E-state index contributed by atoms with van der Waals surface area (Å²) in [6, 6.07) is 22.6. The summed E-state index contributed by atoms with van der Waals surface area (Å²) in [5.41, 5.74) is 1.40. The van der Waals surface area contributed by atoms with Crippen molar-refractivity contribution in [3.05, 3.63) is 108 Å². The van der Waals surface area contributed by atoms with Gasteiger partial charge in [0.25, 0.3) is 20.0 Å². The Kier molecular flexibility index (Phi) is 5.19. The second kappa shape index (κ2) is 7.81. The van der Waals surface area contributed by atoms with E-state index in [1.807, 2.05) is 0 Å². The minimum absolute atomic E-state index is 0.0782. The second-order valence-corrected chi connectivity index (χ2v) is 9.62. The van der Waals surface area contributed by atoms with Crippen molar-refractivity contribution in [1.82, 2.24) is 0 Å². The molecule has 0 aliphatic heterocycles. The Labute approximate surface area is 175 Å². The third-order valence-corrected chi connectivity index (χ3v) is 7.01. The number of sulfonamides is 2. The highest BCUT2D eigenvalue weighted by atomic mass is 32.2. The molecule has 0 unspecified atom stereocenters. The first-order chi connectivity index (χ1) is 14.4. The molecule has 6 nitrogen and oxygen atoms in total. The number of benzene rings is 3. The Bertz CT molecular complexity index is 1280. The largest absolute Gasteiger partial charge is 0.282 e. The summed E-state index contributed by atoms with van der Waals surface area (Å²) in [5.74, 6) is 0. The van der Waals surface area contributed by atoms with Gasteiger partial charge in [-0.3, -0.25) is 0 Å². The zero-order valence-electron chi connectivity index (χ0n) is 15.6. The molecule has 0 radical (unpaired) electrons. The van der Waals surface area contributed by atoms with Crippen molar-refractivity contribution in [3.63, 3.8) is 0 Å². The van der Waals surface area contributed by atoms with Gasteiger partial charge in [-0.25, -0.2) is 0 Å². The Hall–Kier alpha value is -3.36. The van der Waals surface area contributed by atoms with Crippen LogP contribution in [0.25, 0.3) is 0 Å². The van der Waals surface area contributed by atoms with Crippen molar-refractivity contribution in [2.45, 2.75) is 9.79 Å². The normalized spacial score (nSPS) is 16.5. The summed E-state index contributed by atoms with van der Waals surface area (Å²) in [6.45, 7) is 0. The molecule has 0 N–H and O–H groups in total. The van der Waals surface area contributed by atoms with Gasteiger partial charge in [-0.1, -0.05) is 60.7 Å². The Morgan fingerprint density at radius 1 is 0.467 bits per heavy atom. The lowest BCUT2D eigenvalue weighted by Gasteiger charge is -2.15. The summed E-state index contributed by atoms with van der Waals surface area (Å²) in [6.07, 6.45) is 2.92. The molecular weight excluding hydrogens is 420 g/mol. The van der Waals surface area contributed by atoms with E-state index in [2.05, 4.69) is 8.80 Å². The fraction of sp³-hybridized carbons (Fsp3) is 0. The van der Waals surface area contributed by atoms with Crippen molar-refractivity contribution in [1.29, 1.82) is 0 Å². The highest BCUT2D eigenvalue weighted by Gasteiger charge is 2.22. The van der Waals surface area contributed by atoms with Gasteiger partial charge in [-0.15, -0.1) is 0 Å². The second-order valence-electron chi connectivity index (χ2n) is 6.41. The molecule has 150 valence electrons. The Morgan fingerprint density at radius 2 is 0.800 bits per heavy atom. The molecule has 0 heterocycles. The molecule has 0 bridgehead atoms.